The highest BCUT2D eigenvalue weighted by Crippen LogP contribution is 2.15. The Morgan fingerprint density at radius 1 is 1.17 bits per heavy atom. The monoisotopic (exact) mass is 249 g/mol. The van der Waals surface area contributed by atoms with Crippen molar-refractivity contribution >= 4 is 0 Å². The largest absolute Gasteiger partial charge is 0.497 e. The molecule has 0 saturated heterocycles. The van der Waals surface area contributed by atoms with E-state index < -0.39 is 0 Å². The fourth-order valence-electron chi connectivity index (χ4n) is 1.79. The first-order valence-electron chi connectivity index (χ1n) is 6.78. The maximum Gasteiger partial charge on any atom is 0.118 e. The molecular weight excluding hydrogens is 222 g/mol. The molecule has 1 aromatic carbocycles. The molecule has 0 fully saturated rings. The first-order valence-corrected chi connectivity index (χ1v) is 6.78. The molecule has 1 N–H and O–H groups in total. The van der Waals surface area contributed by atoms with Gasteiger partial charge >= 0.3 is 0 Å². The van der Waals surface area contributed by atoms with Gasteiger partial charge in [-0.25, -0.2) is 0 Å². The second-order valence-electron chi connectivity index (χ2n) is 6.12. The van der Waals surface area contributed by atoms with Crippen LogP contribution in [0.15, 0.2) is 24.3 Å². The number of methoxy groups -OCH3 is 1. The van der Waals surface area contributed by atoms with Gasteiger partial charge < -0.3 is 10.1 Å². The smallest absolute Gasteiger partial charge is 0.118 e. The van der Waals surface area contributed by atoms with Gasteiger partial charge in [0.15, 0.2) is 0 Å². The molecule has 1 unspecified atom stereocenters. The van der Waals surface area contributed by atoms with Crippen molar-refractivity contribution in [3.8, 4) is 5.75 Å². The topological polar surface area (TPSA) is 21.3 Å². The van der Waals surface area contributed by atoms with Crippen LogP contribution in [0.4, 0.5) is 0 Å². The lowest BCUT2D eigenvalue weighted by Crippen LogP contribution is -2.38. The van der Waals surface area contributed by atoms with Gasteiger partial charge in [0.1, 0.15) is 5.75 Å². The maximum atomic E-state index is 5.16. The summed E-state index contributed by atoms with van der Waals surface area (Å²) in [5.41, 5.74) is 1.60. The fraction of sp³-hybridized carbons (Fsp3) is 0.625. The van der Waals surface area contributed by atoms with Crippen molar-refractivity contribution in [2.75, 3.05) is 13.7 Å². The molecule has 0 aliphatic carbocycles. The Balaban J connectivity index is 2.31. The number of hydrogen-bond donors (Lipinski definition) is 1. The second kappa shape index (κ2) is 6.79. The van der Waals surface area contributed by atoms with Gasteiger partial charge in [-0.1, -0.05) is 19.1 Å². The Kier molecular flexibility index (Phi) is 5.67. The Labute approximate surface area is 112 Å². The third-order valence-corrected chi connectivity index (χ3v) is 3.07. The van der Waals surface area contributed by atoms with Crippen LogP contribution in [0.5, 0.6) is 5.75 Å². The summed E-state index contributed by atoms with van der Waals surface area (Å²) in [5.74, 6) is 1.63. The molecule has 2 nitrogen and oxygen atoms in total. The van der Waals surface area contributed by atoms with Crippen molar-refractivity contribution in [1.82, 2.24) is 5.32 Å². The van der Waals surface area contributed by atoms with Crippen molar-refractivity contribution in [2.24, 2.45) is 5.92 Å². The van der Waals surface area contributed by atoms with E-state index in [4.69, 9.17) is 4.74 Å². The van der Waals surface area contributed by atoms with Crippen molar-refractivity contribution in [1.29, 1.82) is 0 Å². The molecule has 0 bridgehead atoms. The maximum absolute atomic E-state index is 5.16. The molecule has 0 saturated carbocycles. The first-order chi connectivity index (χ1) is 8.40. The minimum absolute atomic E-state index is 0.217. The summed E-state index contributed by atoms with van der Waals surface area (Å²) >= 11 is 0. The highest BCUT2D eigenvalue weighted by Gasteiger charge is 2.10. The lowest BCUT2D eigenvalue weighted by atomic mass is 9.99. The van der Waals surface area contributed by atoms with Crippen LogP contribution in [0.3, 0.4) is 0 Å². The van der Waals surface area contributed by atoms with E-state index in [9.17, 15) is 0 Å². The molecule has 0 aliphatic rings. The van der Waals surface area contributed by atoms with Crippen LogP contribution in [0.1, 0.15) is 39.7 Å². The zero-order valence-corrected chi connectivity index (χ0v) is 12.4. The number of benzene rings is 1. The van der Waals surface area contributed by atoms with Crippen LogP contribution in [0.25, 0.3) is 0 Å². The summed E-state index contributed by atoms with van der Waals surface area (Å²) in [5, 5.41) is 3.56. The van der Waals surface area contributed by atoms with Crippen LogP contribution in [-0.4, -0.2) is 19.2 Å². The molecule has 0 heterocycles. The highest BCUT2D eigenvalue weighted by molar-refractivity contribution is 5.27. The Bertz CT molecular complexity index is 337. The molecule has 1 atom stereocenters. The first kappa shape index (κ1) is 15.0. The standard InChI is InChI=1S/C16H27NO/c1-13(12-17-16(2,3)4)6-7-14-8-10-15(18-5)11-9-14/h8-11,13,17H,6-7,12H2,1-5H3. The van der Waals surface area contributed by atoms with E-state index >= 15 is 0 Å². The van der Waals surface area contributed by atoms with Crippen LogP contribution in [0.2, 0.25) is 0 Å². The number of aryl methyl sites for hydroxylation is 1. The van der Waals surface area contributed by atoms with E-state index in [-0.39, 0.29) is 5.54 Å². The van der Waals surface area contributed by atoms with Crippen molar-refractivity contribution in [3.63, 3.8) is 0 Å². The van der Waals surface area contributed by atoms with Crippen LogP contribution >= 0.6 is 0 Å². The van der Waals surface area contributed by atoms with Crippen molar-refractivity contribution in [3.05, 3.63) is 29.8 Å². The molecule has 1 aromatic rings. The summed E-state index contributed by atoms with van der Waals surface area (Å²) in [6.45, 7) is 10.0. The molecule has 1 rings (SSSR count). The molecule has 0 amide bonds. The highest BCUT2D eigenvalue weighted by atomic mass is 16.5. The summed E-state index contributed by atoms with van der Waals surface area (Å²) < 4.78 is 5.16. The predicted molar refractivity (Wildman–Crippen MR) is 78.2 cm³/mol. The van der Waals surface area contributed by atoms with Gasteiger partial charge in [0.25, 0.3) is 0 Å². The summed E-state index contributed by atoms with van der Waals surface area (Å²) in [6.07, 6.45) is 2.35. The predicted octanol–water partition coefficient (Wildman–Crippen LogP) is 3.65. The van der Waals surface area contributed by atoms with Gasteiger partial charge in [0, 0.05) is 5.54 Å². The lowest BCUT2D eigenvalue weighted by molar-refractivity contribution is 0.372. The van der Waals surface area contributed by atoms with Crippen LogP contribution in [-0.2, 0) is 6.42 Å². The van der Waals surface area contributed by atoms with E-state index in [0.717, 1.165) is 18.7 Å². The third kappa shape index (κ3) is 6.06. The quantitative estimate of drug-likeness (QED) is 0.831. The molecule has 102 valence electrons. The minimum atomic E-state index is 0.217. The zero-order chi connectivity index (χ0) is 13.6. The molecule has 2 heteroatoms. The number of rotatable bonds is 6. The molecule has 0 radical (unpaired) electrons. The third-order valence-electron chi connectivity index (χ3n) is 3.07. The number of hydrogen-bond acceptors (Lipinski definition) is 2. The van der Waals surface area contributed by atoms with E-state index in [1.165, 1.54) is 12.0 Å². The molecular formula is C16H27NO. The van der Waals surface area contributed by atoms with Crippen molar-refractivity contribution in [2.45, 2.75) is 46.1 Å². The van der Waals surface area contributed by atoms with Crippen molar-refractivity contribution < 1.29 is 4.74 Å². The summed E-state index contributed by atoms with van der Waals surface area (Å²) in [7, 11) is 1.70. The van der Waals surface area contributed by atoms with E-state index in [1.54, 1.807) is 7.11 Å². The Morgan fingerprint density at radius 2 is 1.78 bits per heavy atom. The summed E-state index contributed by atoms with van der Waals surface area (Å²) in [6, 6.07) is 8.38. The van der Waals surface area contributed by atoms with E-state index in [0.29, 0.717) is 5.92 Å². The van der Waals surface area contributed by atoms with Gasteiger partial charge in [-0.2, -0.15) is 0 Å². The summed E-state index contributed by atoms with van der Waals surface area (Å²) in [4.78, 5) is 0. The lowest BCUT2D eigenvalue weighted by Gasteiger charge is -2.23. The van der Waals surface area contributed by atoms with Gasteiger partial charge in [0.2, 0.25) is 0 Å². The average molecular weight is 249 g/mol. The zero-order valence-electron chi connectivity index (χ0n) is 12.4. The number of nitrogens with one attached hydrogen (secondary N) is 1. The minimum Gasteiger partial charge on any atom is -0.497 e. The van der Waals surface area contributed by atoms with E-state index in [1.807, 2.05) is 12.1 Å². The number of ether oxygens (including phenoxy) is 1. The Morgan fingerprint density at radius 3 is 2.28 bits per heavy atom. The SMILES string of the molecule is COc1ccc(CCC(C)CNC(C)(C)C)cc1. The molecule has 18 heavy (non-hydrogen) atoms. The van der Waals surface area contributed by atoms with Gasteiger partial charge in [-0.3, -0.25) is 0 Å². The van der Waals surface area contributed by atoms with Crippen LogP contribution < -0.4 is 10.1 Å². The van der Waals surface area contributed by atoms with Crippen LogP contribution in [0, 0.1) is 5.92 Å². The normalized spacial score (nSPS) is 13.4. The Hall–Kier alpha value is -1.02. The van der Waals surface area contributed by atoms with Gasteiger partial charge in [0.05, 0.1) is 7.11 Å². The van der Waals surface area contributed by atoms with Gasteiger partial charge in [-0.15, -0.1) is 0 Å². The van der Waals surface area contributed by atoms with Gasteiger partial charge in [-0.05, 0) is 63.8 Å². The fourth-order valence-corrected chi connectivity index (χ4v) is 1.79. The molecule has 0 spiro atoms. The second-order valence-corrected chi connectivity index (χ2v) is 6.12. The molecule has 0 aromatic heterocycles. The van der Waals surface area contributed by atoms with E-state index in [2.05, 4.69) is 45.1 Å². The molecule has 0 aliphatic heterocycles. The average Bonchev–Trinajstić information content (AvgIpc) is 2.33.